The van der Waals surface area contributed by atoms with E-state index in [0.717, 1.165) is 5.56 Å². The number of esters is 1. The van der Waals surface area contributed by atoms with E-state index in [1.54, 1.807) is 24.4 Å². The first-order chi connectivity index (χ1) is 13.3. The molecule has 0 saturated carbocycles. The maximum absolute atomic E-state index is 13.1. The molecule has 0 fully saturated rings. The van der Waals surface area contributed by atoms with Crippen LogP contribution in [0.2, 0.25) is 0 Å². The number of aromatic hydroxyl groups is 2. The molecule has 1 aromatic carbocycles. The molecule has 0 radical (unpaired) electrons. The van der Waals surface area contributed by atoms with Gasteiger partial charge in [-0.2, -0.15) is 4.98 Å². The summed E-state index contributed by atoms with van der Waals surface area (Å²) >= 11 is 0. The minimum atomic E-state index is -0.847. The summed E-state index contributed by atoms with van der Waals surface area (Å²) in [5, 5.41) is 20.4. The smallest absolute Gasteiger partial charge is 0.306 e. The van der Waals surface area contributed by atoms with Gasteiger partial charge in [0.15, 0.2) is 11.5 Å². The molecule has 0 amide bonds. The van der Waals surface area contributed by atoms with Crippen LogP contribution in [0.15, 0.2) is 41.3 Å². The van der Waals surface area contributed by atoms with Crippen LogP contribution in [0.1, 0.15) is 29.0 Å². The Hall–Kier alpha value is -3.55. The van der Waals surface area contributed by atoms with Crippen LogP contribution >= 0.6 is 0 Å². The van der Waals surface area contributed by atoms with Gasteiger partial charge in [-0.25, -0.2) is 0 Å². The van der Waals surface area contributed by atoms with Gasteiger partial charge in [-0.1, -0.05) is 6.07 Å². The van der Waals surface area contributed by atoms with Gasteiger partial charge in [-0.15, -0.1) is 0 Å². The Morgan fingerprint density at radius 1 is 1.21 bits per heavy atom. The number of methoxy groups -OCH3 is 2. The van der Waals surface area contributed by atoms with E-state index in [0.29, 0.717) is 11.2 Å². The molecule has 3 rings (SSSR count). The van der Waals surface area contributed by atoms with Gasteiger partial charge in [0.1, 0.15) is 5.65 Å². The van der Waals surface area contributed by atoms with Crippen molar-refractivity contribution in [2.45, 2.75) is 19.3 Å². The predicted octanol–water partition coefficient (Wildman–Crippen LogP) is 2.12. The monoisotopic (exact) mass is 384 g/mol. The zero-order chi connectivity index (χ0) is 20.4. The first-order valence-electron chi connectivity index (χ1n) is 8.51. The van der Waals surface area contributed by atoms with Gasteiger partial charge in [0.2, 0.25) is 5.88 Å². The fraction of sp³-hybridized carbons (Fsp3) is 0.250. The molecule has 0 unspecified atom stereocenters. The third-order valence-electron chi connectivity index (χ3n) is 4.55. The van der Waals surface area contributed by atoms with Crippen LogP contribution in [-0.2, 0) is 9.53 Å². The summed E-state index contributed by atoms with van der Waals surface area (Å²) < 4.78 is 11.2. The third kappa shape index (κ3) is 3.48. The number of carbonyl (C=O) groups excluding carboxylic acids is 1. The van der Waals surface area contributed by atoms with Crippen molar-refractivity contribution < 1.29 is 24.5 Å². The maximum atomic E-state index is 13.1. The van der Waals surface area contributed by atoms with E-state index in [1.807, 2.05) is 6.92 Å². The molecule has 0 bridgehead atoms. The van der Waals surface area contributed by atoms with Gasteiger partial charge in [0.05, 0.1) is 26.2 Å². The largest absolute Gasteiger partial charge is 0.504 e. The summed E-state index contributed by atoms with van der Waals surface area (Å²) in [4.78, 5) is 29.2. The maximum Gasteiger partial charge on any atom is 0.306 e. The molecule has 28 heavy (non-hydrogen) atoms. The van der Waals surface area contributed by atoms with E-state index < -0.39 is 23.3 Å². The van der Waals surface area contributed by atoms with Crippen molar-refractivity contribution in [3.05, 3.63) is 63.6 Å². The number of rotatable bonds is 5. The summed E-state index contributed by atoms with van der Waals surface area (Å²) in [6, 6.07) is 7.87. The van der Waals surface area contributed by atoms with Crippen molar-refractivity contribution in [3.63, 3.8) is 0 Å². The fourth-order valence-corrected chi connectivity index (χ4v) is 3.09. The van der Waals surface area contributed by atoms with Gasteiger partial charge in [-0.3, -0.25) is 14.0 Å². The average Bonchev–Trinajstić information content (AvgIpc) is 2.67. The number of aromatic nitrogens is 2. The predicted molar refractivity (Wildman–Crippen MR) is 101 cm³/mol. The Kier molecular flexibility index (Phi) is 5.21. The Balaban J connectivity index is 2.25. The zero-order valence-electron chi connectivity index (χ0n) is 15.7. The normalized spacial score (nSPS) is 12.0. The standard InChI is InChI=1S/C20H20N2O6/c1-11-6-7-22-16(8-11)21-19(25)18(20(22)26)13(10-17(24)28-3)12-4-5-14(23)15(9-12)27-2/h4-9,13,23,25H,10H2,1-3H3/t13-/m0/s1. The van der Waals surface area contributed by atoms with Crippen molar-refractivity contribution in [1.82, 2.24) is 9.38 Å². The lowest BCUT2D eigenvalue weighted by Crippen LogP contribution is -2.24. The quantitative estimate of drug-likeness (QED) is 0.648. The van der Waals surface area contributed by atoms with Gasteiger partial charge >= 0.3 is 5.97 Å². The molecule has 2 N–H and O–H groups in total. The second kappa shape index (κ2) is 7.59. The number of aryl methyl sites for hydroxylation is 1. The Bertz CT molecular complexity index is 1110. The molecule has 0 aliphatic rings. The number of hydrogen-bond donors (Lipinski definition) is 2. The molecule has 8 nitrogen and oxygen atoms in total. The SMILES string of the molecule is COC(=O)C[C@@H](c1ccc(O)c(OC)c1)c1c(O)nc2cc(C)ccn2c1=O. The van der Waals surface area contributed by atoms with Crippen molar-refractivity contribution in [3.8, 4) is 17.4 Å². The lowest BCUT2D eigenvalue weighted by atomic mass is 9.89. The topological polar surface area (TPSA) is 110 Å². The molecule has 0 aliphatic heterocycles. The molecule has 3 aromatic rings. The Labute approximate surface area is 160 Å². The van der Waals surface area contributed by atoms with Crippen LogP contribution in [-0.4, -0.2) is 39.8 Å². The number of benzene rings is 1. The molecule has 2 aromatic heterocycles. The zero-order valence-corrected chi connectivity index (χ0v) is 15.7. The minimum Gasteiger partial charge on any atom is -0.504 e. The van der Waals surface area contributed by atoms with E-state index in [4.69, 9.17) is 9.47 Å². The molecule has 0 saturated heterocycles. The number of nitrogens with zero attached hydrogens (tertiary/aromatic N) is 2. The lowest BCUT2D eigenvalue weighted by molar-refractivity contribution is -0.140. The van der Waals surface area contributed by atoms with Crippen molar-refractivity contribution in [2.24, 2.45) is 0 Å². The third-order valence-corrected chi connectivity index (χ3v) is 4.55. The summed E-state index contributed by atoms with van der Waals surface area (Å²) in [5.74, 6) is -1.78. The first kappa shape index (κ1) is 19.2. The minimum absolute atomic E-state index is 0.0421. The molecular weight excluding hydrogens is 364 g/mol. The highest BCUT2D eigenvalue weighted by atomic mass is 16.5. The molecule has 1 atom stereocenters. The number of fused-ring (bicyclic) bond motifs is 1. The van der Waals surface area contributed by atoms with Crippen molar-refractivity contribution in [1.29, 1.82) is 0 Å². The molecule has 146 valence electrons. The highest BCUT2D eigenvalue weighted by molar-refractivity contribution is 5.71. The van der Waals surface area contributed by atoms with Crippen molar-refractivity contribution in [2.75, 3.05) is 14.2 Å². The van der Waals surface area contributed by atoms with Crippen LogP contribution in [0.3, 0.4) is 0 Å². The van der Waals surface area contributed by atoms with E-state index in [2.05, 4.69) is 4.98 Å². The van der Waals surface area contributed by atoms with Crippen molar-refractivity contribution >= 4 is 11.6 Å². The molecule has 8 heteroatoms. The molecule has 0 spiro atoms. The van der Waals surface area contributed by atoms with Gasteiger partial charge in [0.25, 0.3) is 5.56 Å². The summed E-state index contributed by atoms with van der Waals surface area (Å²) in [6.45, 7) is 1.85. The highest BCUT2D eigenvalue weighted by Gasteiger charge is 2.27. The fourth-order valence-electron chi connectivity index (χ4n) is 3.09. The molecular formula is C20H20N2O6. The van der Waals surface area contributed by atoms with Crippen LogP contribution in [0.4, 0.5) is 0 Å². The van der Waals surface area contributed by atoms with Crippen LogP contribution in [0.5, 0.6) is 17.4 Å². The number of carbonyl (C=O) groups is 1. The number of ether oxygens (including phenoxy) is 2. The molecule has 2 heterocycles. The van der Waals surface area contributed by atoms with Crippen LogP contribution in [0, 0.1) is 6.92 Å². The molecule has 0 aliphatic carbocycles. The van der Waals surface area contributed by atoms with Gasteiger partial charge in [0, 0.05) is 12.1 Å². The summed E-state index contributed by atoms with van der Waals surface area (Å²) in [6.07, 6.45) is 1.36. The van der Waals surface area contributed by atoms with Crippen LogP contribution in [0.25, 0.3) is 5.65 Å². The number of hydrogen-bond acceptors (Lipinski definition) is 7. The van der Waals surface area contributed by atoms with Crippen LogP contribution < -0.4 is 10.3 Å². The summed E-state index contributed by atoms with van der Waals surface area (Å²) in [5.41, 5.74) is 1.13. The Morgan fingerprint density at radius 3 is 2.64 bits per heavy atom. The number of pyridine rings is 1. The van der Waals surface area contributed by atoms with Gasteiger partial charge < -0.3 is 19.7 Å². The summed E-state index contributed by atoms with van der Waals surface area (Å²) in [7, 11) is 2.63. The van der Waals surface area contributed by atoms with E-state index in [1.165, 1.54) is 30.8 Å². The van der Waals surface area contributed by atoms with E-state index in [9.17, 15) is 19.8 Å². The average molecular weight is 384 g/mol. The van der Waals surface area contributed by atoms with E-state index >= 15 is 0 Å². The number of phenols is 1. The second-order valence-corrected chi connectivity index (χ2v) is 6.35. The second-order valence-electron chi connectivity index (χ2n) is 6.35. The lowest BCUT2D eigenvalue weighted by Gasteiger charge is -2.18. The Morgan fingerprint density at radius 2 is 1.96 bits per heavy atom. The first-order valence-corrected chi connectivity index (χ1v) is 8.51. The van der Waals surface area contributed by atoms with Gasteiger partial charge in [-0.05, 0) is 42.3 Å². The highest BCUT2D eigenvalue weighted by Crippen LogP contribution is 2.36. The number of phenolic OH excluding ortho intramolecular Hbond substituents is 1. The van der Waals surface area contributed by atoms with E-state index in [-0.39, 0.29) is 23.5 Å².